The molecule has 28 heavy (non-hydrogen) atoms. The number of hydrogen-bond donors (Lipinski definition) is 3. The summed E-state index contributed by atoms with van der Waals surface area (Å²) >= 11 is 11.5. The van der Waals surface area contributed by atoms with Crippen molar-refractivity contribution in [1.29, 1.82) is 0 Å². The molecule has 1 aromatic heterocycles. The van der Waals surface area contributed by atoms with Gasteiger partial charge in [-0.3, -0.25) is 10.1 Å². The number of benzene rings is 2. The van der Waals surface area contributed by atoms with E-state index in [1.54, 1.807) is 36.4 Å². The summed E-state index contributed by atoms with van der Waals surface area (Å²) in [6.07, 6.45) is 0. The van der Waals surface area contributed by atoms with Crippen LogP contribution in [0.15, 0.2) is 52.9 Å². The number of aryl methyl sites for hydroxylation is 2. The van der Waals surface area contributed by atoms with Crippen molar-refractivity contribution < 1.29 is 14.3 Å². The molecule has 2 aromatic carbocycles. The van der Waals surface area contributed by atoms with E-state index in [0.29, 0.717) is 33.4 Å². The molecule has 0 aliphatic heterocycles. The van der Waals surface area contributed by atoms with Gasteiger partial charge in [0.25, 0.3) is 5.91 Å². The fourth-order valence-electron chi connectivity index (χ4n) is 2.62. The summed E-state index contributed by atoms with van der Waals surface area (Å²) in [5.41, 5.74) is 3.99. The molecule has 1 heterocycles. The average molecular weight is 415 g/mol. The highest BCUT2D eigenvalue weighted by Gasteiger charge is 2.12. The first kappa shape index (κ1) is 20.1. The lowest BCUT2D eigenvalue weighted by Crippen LogP contribution is -2.34. The monoisotopic (exact) mass is 414 g/mol. The van der Waals surface area contributed by atoms with Crippen LogP contribution in [0, 0.1) is 13.8 Å². The molecule has 0 unspecified atom stereocenters. The van der Waals surface area contributed by atoms with E-state index in [0.717, 1.165) is 11.1 Å². The van der Waals surface area contributed by atoms with Crippen molar-refractivity contribution >= 4 is 40.5 Å². The van der Waals surface area contributed by atoms with Crippen molar-refractivity contribution in [2.24, 2.45) is 0 Å². The van der Waals surface area contributed by atoms with Crippen LogP contribution in [0.25, 0.3) is 11.3 Å². The minimum Gasteiger partial charge on any atom is -0.459 e. The maximum atomic E-state index is 12.4. The van der Waals surface area contributed by atoms with E-state index in [1.165, 1.54) is 0 Å². The molecule has 5 nitrogen and oxygen atoms in total. The summed E-state index contributed by atoms with van der Waals surface area (Å²) in [5, 5.41) is 15.5. The largest absolute Gasteiger partial charge is 0.459 e. The van der Waals surface area contributed by atoms with Crippen LogP contribution in [0.5, 0.6) is 0 Å². The first-order chi connectivity index (χ1) is 13.4. The number of nitrogens with one attached hydrogen (secondary N) is 2. The number of aliphatic hydroxyl groups excluding tert-OH is 1. The Morgan fingerprint density at radius 3 is 2.57 bits per heavy atom. The highest BCUT2D eigenvalue weighted by atomic mass is 35.5. The molecule has 0 spiro atoms. The van der Waals surface area contributed by atoms with Gasteiger partial charge in [-0.15, -0.1) is 0 Å². The second-order valence-electron chi connectivity index (χ2n) is 6.33. The number of furan rings is 1. The Labute approximate surface area is 173 Å². The van der Waals surface area contributed by atoms with Gasteiger partial charge in [0.15, 0.2) is 5.11 Å². The molecule has 0 saturated heterocycles. The molecule has 3 aromatic rings. The molecular formula is C21H19ClN2O3S. The van der Waals surface area contributed by atoms with Crippen molar-refractivity contribution in [1.82, 2.24) is 5.32 Å². The number of amides is 1. The van der Waals surface area contributed by atoms with Gasteiger partial charge in [0.05, 0.1) is 5.02 Å². The average Bonchev–Trinajstić information content (AvgIpc) is 3.14. The Bertz CT molecular complexity index is 1050. The summed E-state index contributed by atoms with van der Waals surface area (Å²) < 4.78 is 5.54. The molecule has 0 radical (unpaired) electrons. The van der Waals surface area contributed by atoms with Gasteiger partial charge in [0.1, 0.15) is 18.1 Å². The third-order valence-electron chi connectivity index (χ3n) is 4.30. The van der Waals surface area contributed by atoms with Crippen LogP contribution in [-0.2, 0) is 6.61 Å². The minimum absolute atomic E-state index is 0.173. The molecule has 0 saturated carbocycles. The van der Waals surface area contributed by atoms with Crippen molar-refractivity contribution in [3.8, 4) is 11.3 Å². The van der Waals surface area contributed by atoms with Crippen molar-refractivity contribution in [3.63, 3.8) is 0 Å². The number of thiocarbonyl (C=S) groups is 1. The van der Waals surface area contributed by atoms with Crippen LogP contribution in [-0.4, -0.2) is 16.1 Å². The Morgan fingerprint density at radius 1 is 1.11 bits per heavy atom. The zero-order valence-electron chi connectivity index (χ0n) is 15.4. The quantitative estimate of drug-likeness (QED) is 0.533. The third-order valence-corrected chi connectivity index (χ3v) is 4.84. The molecule has 0 atom stereocenters. The van der Waals surface area contributed by atoms with Gasteiger partial charge in [-0.05, 0) is 79.7 Å². The molecule has 0 bridgehead atoms. The molecule has 0 fully saturated rings. The molecular weight excluding hydrogens is 396 g/mol. The fourth-order valence-corrected chi connectivity index (χ4v) is 3.04. The molecule has 3 rings (SSSR count). The van der Waals surface area contributed by atoms with Gasteiger partial charge in [-0.1, -0.05) is 17.7 Å². The van der Waals surface area contributed by atoms with E-state index < -0.39 is 0 Å². The van der Waals surface area contributed by atoms with Gasteiger partial charge in [-0.2, -0.15) is 0 Å². The number of carbonyl (C=O) groups excluding carboxylic acids is 1. The molecule has 144 valence electrons. The number of carbonyl (C=O) groups is 1. The van der Waals surface area contributed by atoms with Crippen molar-refractivity contribution in [3.05, 3.63) is 76.0 Å². The van der Waals surface area contributed by atoms with Crippen LogP contribution >= 0.6 is 23.8 Å². The zero-order chi connectivity index (χ0) is 20.3. The smallest absolute Gasteiger partial charge is 0.257 e. The Balaban J connectivity index is 1.72. The zero-order valence-corrected chi connectivity index (χ0v) is 16.9. The van der Waals surface area contributed by atoms with Crippen molar-refractivity contribution in [2.45, 2.75) is 20.5 Å². The van der Waals surface area contributed by atoms with E-state index in [1.807, 2.05) is 26.0 Å². The van der Waals surface area contributed by atoms with E-state index in [-0.39, 0.29) is 17.6 Å². The highest BCUT2D eigenvalue weighted by Crippen LogP contribution is 2.32. The number of halogens is 1. The summed E-state index contributed by atoms with van der Waals surface area (Å²) in [6.45, 7) is 3.75. The number of hydrogen-bond acceptors (Lipinski definition) is 4. The Kier molecular flexibility index (Phi) is 6.14. The van der Waals surface area contributed by atoms with Crippen LogP contribution < -0.4 is 10.6 Å². The minimum atomic E-state index is -0.284. The van der Waals surface area contributed by atoms with Crippen LogP contribution in [0.2, 0.25) is 5.02 Å². The predicted molar refractivity (Wildman–Crippen MR) is 115 cm³/mol. The summed E-state index contributed by atoms with van der Waals surface area (Å²) in [7, 11) is 0. The lowest BCUT2D eigenvalue weighted by molar-refractivity contribution is 0.0977. The second kappa shape index (κ2) is 8.56. The van der Waals surface area contributed by atoms with E-state index in [4.69, 9.17) is 33.3 Å². The molecule has 7 heteroatoms. The molecule has 3 N–H and O–H groups in total. The lowest BCUT2D eigenvalue weighted by Gasteiger charge is -2.12. The summed E-state index contributed by atoms with van der Waals surface area (Å²) in [6, 6.07) is 14.1. The standard InChI is InChI=1S/C21H19ClN2O3S/c1-12-3-4-14(9-13(12)2)20(26)24-21(28)23-15-5-7-18(22)17(10-15)19-8-6-16(11-25)27-19/h3-10,25H,11H2,1-2H3,(H2,23,24,26,28). The number of anilines is 1. The third kappa shape index (κ3) is 4.59. The maximum absolute atomic E-state index is 12.4. The first-order valence-electron chi connectivity index (χ1n) is 8.56. The SMILES string of the molecule is Cc1ccc(C(=O)NC(=S)Nc2ccc(Cl)c(-c3ccc(CO)o3)c2)cc1C. The first-order valence-corrected chi connectivity index (χ1v) is 9.35. The topological polar surface area (TPSA) is 74.5 Å². The van der Waals surface area contributed by atoms with Gasteiger partial charge < -0.3 is 14.8 Å². The van der Waals surface area contributed by atoms with E-state index in [2.05, 4.69) is 10.6 Å². The van der Waals surface area contributed by atoms with Gasteiger partial charge in [0, 0.05) is 16.8 Å². The Morgan fingerprint density at radius 2 is 1.89 bits per heavy atom. The normalized spacial score (nSPS) is 10.6. The molecule has 1 amide bonds. The number of aliphatic hydroxyl groups is 1. The van der Waals surface area contributed by atoms with Gasteiger partial charge in [0.2, 0.25) is 0 Å². The van der Waals surface area contributed by atoms with Gasteiger partial charge >= 0.3 is 0 Å². The van der Waals surface area contributed by atoms with Crippen LogP contribution in [0.1, 0.15) is 27.2 Å². The second-order valence-corrected chi connectivity index (χ2v) is 7.14. The van der Waals surface area contributed by atoms with E-state index in [9.17, 15) is 4.79 Å². The summed E-state index contributed by atoms with van der Waals surface area (Å²) in [4.78, 5) is 12.4. The van der Waals surface area contributed by atoms with Crippen LogP contribution in [0.3, 0.4) is 0 Å². The maximum Gasteiger partial charge on any atom is 0.257 e. The number of rotatable bonds is 4. The van der Waals surface area contributed by atoms with E-state index >= 15 is 0 Å². The lowest BCUT2D eigenvalue weighted by atomic mass is 10.1. The van der Waals surface area contributed by atoms with Crippen molar-refractivity contribution in [2.75, 3.05) is 5.32 Å². The van der Waals surface area contributed by atoms with Crippen LogP contribution in [0.4, 0.5) is 5.69 Å². The predicted octanol–water partition coefficient (Wildman–Crippen LogP) is 4.84. The summed E-state index contributed by atoms with van der Waals surface area (Å²) in [5.74, 6) is 0.691. The molecule has 0 aliphatic carbocycles. The van der Waals surface area contributed by atoms with Gasteiger partial charge in [-0.25, -0.2) is 0 Å². The Hall–Kier alpha value is -2.67. The fraction of sp³-hybridized carbons (Fsp3) is 0.143. The highest BCUT2D eigenvalue weighted by molar-refractivity contribution is 7.80. The molecule has 0 aliphatic rings.